The second kappa shape index (κ2) is 8.31. The summed E-state index contributed by atoms with van der Waals surface area (Å²) in [6.45, 7) is 7.02. The van der Waals surface area contributed by atoms with Gasteiger partial charge in [0.05, 0.1) is 0 Å². The highest BCUT2D eigenvalue weighted by Gasteiger charge is 2.19. The van der Waals surface area contributed by atoms with Crippen LogP contribution < -0.4 is 15.5 Å². The second-order valence-electron chi connectivity index (χ2n) is 6.53. The Morgan fingerprint density at radius 1 is 1.17 bits per heavy atom. The van der Waals surface area contributed by atoms with Crippen molar-refractivity contribution < 1.29 is 4.79 Å². The van der Waals surface area contributed by atoms with Gasteiger partial charge in [0.1, 0.15) is 0 Å². The van der Waals surface area contributed by atoms with Gasteiger partial charge in [-0.25, -0.2) is 0 Å². The first kappa shape index (κ1) is 16.3. The molecule has 0 aromatic heterocycles. The third-order valence-electron chi connectivity index (χ3n) is 4.81. The average molecular weight is 316 g/mol. The third-order valence-corrected chi connectivity index (χ3v) is 4.81. The van der Waals surface area contributed by atoms with Gasteiger partial charge in [-0.05, 0) is 31.5 Å². The molecule has 5 nitrogen and oxygen atoms in total. The van der Waals surface area contributed by atoms with Crippen LogP contribution in [0.25, 0.3) is 0 Å². The minimum atomic E-state index is 0.198. The molecule has 2 heterocycles. The molecule has 0 bridgehead atoms. The monoisotopic (exact) mass is 316 g/mol. The molecule has 2 aliphatic rings. The van der Waals surface area contributed by atoms with Crippen LogP contribution in [0.1, 0.15) is 19.3 Å². The van der Waals surface area contributed by atoms with Crippen molar-refractivity contribution in [1.29, 1.82) is 0 Å². The van der Waals surface area contributed by atoms with Gasteiger partial charge in [0.2, 0.25) is 5.91 Å². The van der Waals surface area contributed by atoms with Crippen LogP contribution in [0.15, 0.2) is 30.3 Å². The summed E-state index contributed by atoms with van der Waals surface area (Å²) in [7, 11) is 0. The first-order chi connectivity index (χ1) is 11.3. The number of anilines is 1. The fourth-order valence-corrected chi connectivity index (χ4v) is 3.40. The molecule has 2 N–H and O–H groups in total. The molecule has 0 radical (unpaired) electrons. The van der Waals surface area contributed by atoms with E-state index >= 15 is 0 Å². The van der Waals surface area contributed by atoms with E-state index in [1.165, 1.54) is 5.69 Å². The van der Waals surface area contributed by atoms with Crippen molar-refractivity contribution in [3.8, 4) is 0 Å². The number of hydrogen-bond donors (Lipinski definition) is 2. The fraction of sp³-hybridized carbons (Fsp3) is 0.611. The Balaban J connectivity index is 1.35. The number of piperazine rings is 1. The molecule has 2 saturated heterocycles. The van der Waals surface area contributed by atoms with Crippen molar-refractivity contribution >= 4 is 11.6 Å². The van der Waals surface area contributed by atoms with E-state index in [2.05, 4.69) is 50.8 Å². The zero-order valence-electron chi connectivity index (χ0n) is 13.8. The Labute approximate surface area is 139 Å². The van der Waals surface area contributed by atoms with Crippen molar-refractivity contribution in [2.45, 2.75) is 25.3 Å². The van der Waals surface area contributed by atoms with Crippen molar-refractivity contribution in [3.05, 3.63) is 30.3 Å². The largest absolute Gasteiger partial charge is 0.369 e. The number of para-hydroxylation sites is 1. The molecular formula is C18H28N4O. The Kier molecular flexibility index (Phi) is 5.88. The number of rotatable bonds is 5. The predicted octanol–water partition coefficient (Wildman–Crippen LogP) is 1.07. The van der Waals surface area contributed by atoms with Crippen LogP contribution in [0.3, 0.4) is 0 Å². The number of amides is 1. The van der Waals surface area contributed by atoms with Gasteiger partial charge in [-0.2, -0.15) is 0 Å². The molecule has 0 spiro atoms. The van der Waals surface area contributed by atoms with Gasteiger partial charge < -0.3 is 15.5 Å². The summed E-state index contributed by atoms with van der Waals surface area (Å²) in [6.07, 6.45) is 2.88. The normalized spacial score (nSPS) is 22.8. The van der Waals surface area contributed by atoms with Crippen LogP contribution in [0.2, 0.25) is 0 Å². The van der Waals surface area contributed by atoms with E-state index in [0.717, 1.165) is 58.7 Å². The van der Waals surface area contributed by atoms with Crippen LogP contribution >= 0.6 is 0 Å². The molecule has 23 heavy (non-hydrogen) atoms. The van der Waals surface area contributed by atoms with E-state index < -0.39 is 0 Å². The smallest absolute Gasteiger partial charge is 0.221 e. The summed E-state index contributed by atoms with van der Waals surface area (Å²) in [5.74, 6) is 0.198. The van der Waals surface area contributed by atoms with Crippen LogP contribution in [-0.2, 0) is 4.79 Å². The third kappa shape index (κ3) is 4.94. The maximum atomic E-state index is 12.1. The van der Waals surface area contributed by atoms with E-state index in [4.69, 9.17) is 0 Å². The molecule has 0 saturated carbocycles. The number of benzene rings is 1. The molecule has 0 aliphatic carbocycles. The highest BCUT2D eigenvalue weighted by Crippen LogP contribution is 2.15. The minimum absolute atomic E-state index is 0.198. The first-order valence-corrected chi connectivity index (χ1v) is 8.84. The molecule has 0 unspecified atom stereocenters. The SMILES string of the molecule is O=C(CCN1CCN(c2ccccc2)CC1)N[C@H]1CCCNC1. The summed E-state index contributed by atoms with van der Waals surface area (Å²) in [6, 6.07) is 10.9. The quantitative estimate of drug-likeness (QED) is 0.853. The number of carbonyl (C=O) groups is 1. The zero-order chi connectivity index (χ0) is 15.9. The Bertz CT molecular complexity index is 479. The first-order valence-electron chi connectivity index (χ1n) is 8.84. The fourth-order valence-electron chi connectivity index (χ4n) is 3.40. The Morgan fingerprint density at radius 2 is 1.96 bits per heavy atom. The van der Waals surface area contributed by atoms with E-state index in [9.17, 15) is 4.79 Å². The lowest BCUT2D eigenvalue weighted by Gasteiger charge is -2.36. The summed E-state index contributed by atoms with van der Waals surface area (Å²) < 4.78 is 0. The molecule has 1 aromatic rings. The summed E-state index contributed by atoms with van der Waals surface area (Å²) in [4.78, 5) is 16.9. The topological polar surface area (TPSA) is 47.6 Å². The van der Waals surface area contributed by atoms with Crippen LogP contribution in [0.5, 0.6) is 0 Å². The van der Waals surface area contributed by atoms with Gasteiger partial charge in [-0.3, -0.25) is 9.69 Å². The number of nitrogens with zero attached hydrogens (tertiary/aromatic N) is 2. The zero-order valence-corrected chi connectivity index (χ0v) is 13.8. The standard InChI is InChI=1S/C18H28N4O/c23-18(20-16-5-4-9-19-15-16)8-10-21-11-13-22(14-12-21)17-6-2-1-3-7-17/h1-3,6-7,16,19H,4-5,8-15H2,(H,20,23)/t16-/m0/s1. The lowest BCUT2D eigenvalue weighted by atomic mass is 10.1. The van der Waals surface area contributed by atoms with Gasteiger partial charge in [0.25, 0.3) is 0 Å². The van der Waals surface area contributed by atoms with E-state index in [1.807, 2.05) is 0 Å². The Morgan fingerprint density at radius 3 is 2.65 bits per heavy atom. The molecule has 1 amide bonds. The van der Waals surface area contributed by atoms with Crippen molar-refractivity contribution in [3.63, 3.8) is 0 Å². The highest BCUT2D eigenvalue weighted by atomic mass is 16.1. The summed E-state index contributed by atoms with van der Waals surface area (Å²) >= 11 is 0. The molecule has 2 aliphatic heterocycles. The number of piperidine rings is 1. The summed E-state index contributed by atoms with van der Waals surface area (Å²) in [5, 5.41) is 6.49. The van der Waals surface area contributed by atoms with E-state index in [0.29, 0.717) is 12.5 Å². The molecular weight excluding hydrogens is 288 g/mol. The maximum absolute atomic E-state index is 12.1. The lowest BCUT2D eigenvalue weighted by molar-refractivity contribution is -0.122. The minimum Gasteiger partial charge on any atom is -0.369 e. The molecule has 2 fully saturated rings. The van der Waals surface area contributed by atoms with Crippen molar-refractivity contribution in [1.82, 2.24) is 15.5 Å². The molecule has 126 valence electrons. The van der Waals surface area contributed by atoms with Gasteiger partial charge in [0, 0.05) is 57.4 Å². The van der Waals surface area contributed by atoms with Crippen LogP contribution in [-0.4, -0.2) is 62.7 Å². The Hall–Kier alpha value is -1.59. The second-order valence-corrected chi connectivity index (χ2v) is 6.53. The maximum Gasteiger partial charge on any atom is 0.221 e. The van der Waals surface area contributed by atoms with Gasteiger partial charge >= 0.3 is 0 Å². The average Bonchev–Trinajstić information content (AvgIpc) is 2.62. The summed E-state index contributed by atoms with van der Waals surface area (Å²) in [5.41, 5.74) is 1.30. The number of carbonyl (C=O) groups excluding carboxylic acids is 1. The van der Waals surface area contributed by atoms with E-state index in [-0.39, 0.29) is 5.91 Å². The number of hydrogen-bond acceptors (Lipinski definition) is 4. The van der Waals surface area contributed by atoms with Crippen LogP contribution in [0.4, 0.5) is 5.69 Å². The molecule has 1 atom stereocenters. The van der Waals surface area contributed by atoms with Crippen molar-refractivity contribution in [2.75, 3.05) is 50.7 Å². The van der Waals surface area contributed by atoms with Gasteiger partial charge in [-0.15, -0.1) is 0 Å². The van der Waals surface area contributed by atoms with Crippen molar-refractivity contribution in [2.24, 2.45) is 0 Å². The number of nitrogens with one attached hydrogen (secondary N) is 2. The molecule has 5 heteroatoms. The lowest BCUT2D eigenvalue weighted by Crippen LogP contribution is -2.48. The van der Waals surface area contributed by atoms with Gasteiger partial charge in [0.15, 0.2) is 0 Å². The van der Waals surface area contributed by atoms with Crippen LogP contribution in [0, 0.1) is 0 Å². The molecule has 1 aromatic carbocycles. The van der Waals surface area contributed by atoms with Gasteiger partial charge in [-0.1, -0.05) is 18.2 Å². The molecule has 3 rings (SSSR count). The van der Waals surface area contributed by atoms with E-state index in [1.54, 1.807) is 0 Å². The predicted molar refractivity (Wildman–Crippen MR) is 93.7 cm³/mol. The highest BCUT2D eigenvalue weighted by molar-refractivity contribution is 5.76.